The number of halogens is 1. The minimum atomic E-state index is -0.569. The molecule has 2 N–H and O–H groups in total. The number of benzene rings is 1. The lowest BCUT2D eigenvalue weighted by Gasteiger charge is -2.13. The smallest absolute Gasteiger partial charge is 0.132 e. The molecule has 3 aromatic rings. The average Bonchev–Trinajstić information content (AvgIpc) is 2.90. The summed E-state index contributed by atoms with van der Waals surface area (Å²) in [6.45, 7) is 0. The highest BCUT2D eigenvalue weighted by atomic mass is 19.1. The predicted octanol–water partition coefficient (Wildman–Crippen LogP) is 2.53. The molecule has 0 amide bonds. The van der Waals surface area contributed by atoms with Crippen molar-refractivity contribution in [2.45, 2.75) is 6.04 Å². The molecule has 0 fully saturated rings. The Hall–Kier alpha value is -2.40. The van der Waals surface area contributed by atoms with E-state index >= 15 is 0 Å². The lowest BCUT2D eigenvalue weighted by Crippen LogP contribution is -2.13. The molecule has 2 heterocycles. The molecule has 3 rings (SSSR count). The van der Waals surface area contributed by atoms with Crippen molar-refractivity contribution in [3.8, 4) is 5.75 Å². The number of nitrogens with two attached hydrogens (primary N) is 1. The van der Waals surface area contributed by atoms with Gasteiger partial charge in [-0.25, -0.2) is 8.91 Å². The Bertz CT molecular complexity index is 754. The standard InChI is InChI=1S/C15H14FN3O/c1-20-10-5-6-11(13(16)8-10)15(17)12-9-18-19-7-3-2-4-14(12)19/h2-9,15H,17H2,1H3. The van der Waals surface area contributed by atoms with E-state index < -0.39 is 6.04 Å². The van der Waals surface area contributed by atoms with Crippen LogP contribution in [0.5, 0.6) is 5.75 Å². The number of aromatic nitrogens is 2. The Labute approximate surface area is 115 Å². The van der Waals surface area contributed by atoms with Gasteiger partial charge in [-0.3, -0.25) is 0 Å². The molecule has 1 atom stereocenters. The topological polar surface area (TPSA) is 52.5 Å². The van der Waals surface area contributed by atoms with Gasteiger partial charge < -0.3 is 10.5 Å². The molecule has 0 aliphatic carbocycles. The minimum absolute atomic E-state index is 0.382. The second kappa shape index (κ2) is 4.94. The normalized spacial score (nSPS) is 12.6. The van der Waals surface area contributed by atoms with E-state index in [9.17, 15) is 4.39 Å². The van der Waals surface area contributed by atoms with Crippen molar-refractivity contribution in [3.63, 3.8) is 0 Å². The van der Waals surface area contributed by atoms with Crippen LogP contribution in [0.1, 0.15) is 17.2 Å². The third-order valence-corrected chi connectivity index (χ3v) is 3.33. The highest BCUT2D eigenvalue weighted by Crippen LogP contribution is 2.27. The van der Waals surface area contributed by atoms with Gasteiger partial charge in [0, 0.05) is 23.4 Å². The maximum Gasteiger partial charge on any atom is 0.132 e. The number of nitrogens with zero attached hydrogens (tertiary/aromatic N) is 2. The second-order valence-electron chi connectivity index (χ2n) is 4.50. The highest BCUT2D eigenvalue weighted by Gasteiger charge is 2.18. The van der Waals surface area contributed by atoms with Crippen LogP contribution in [0, 0.1) is 5.82 Å². The number of hydrogen-bond acceptors (Lipinski definition) is 3. The lowest BCUT2D eigenvalue weighted by molar-refractivity contribution is 0.410. The molecule has 20 heavy (non-hydrogen) atoms. The van der Waals surface area contributed by atoms with Gasteiger partial charge in [-0.2, -0.15) is 5.10 Å². The van der Waals surface area contributed by atoms with E-state index in [1.807, 2.05) is 24.4 Å². The molecule has 102 valence electrons. The van der Waals surface area contributed by atoms with Crippen molar-refractivity contribution in [2.75, 3.05) is 7.11 Å². The molecule has 0 radical (unpaired) electrons. The third-order valence-electron chi connectivity index (χ3n) is 3.33. The van der Waals surface area contributed by atoms with Gasteiger partial charge in [0.15, 0.2) is 0 Å². The predicted molar refractivity (Wildman–Crippen MR) is 74.2 cm³/mol. The van der Waals surface area contributed by atoms with Gasteiger partial charge in [0.1, 0.15) is 11.6 Å². The van der Waals surface area contributed by atoms with Gasteiger partial charge in [0.05, 0.1) is 24.9 Å². The number of fused-ring (bicyclic) bond motifs is 1. The Morgan fingerprint density at radius 2 is 2.10 bits per heavy atom. The largest absolute Gasteiger partial charge is 0.497 e. The van der Waals surface area contributed by atoms with Crippen LogP contribution in [0.3, 0.4) is 0 Å². The molecule has 1 aromatic carbocycles. The molecular formula is C15H14FN3O. The molecule has 5 heteroatoms. The zero-order valence-corrected chi connectivity index (χ0v) is 11.0. The van der Waals surface area contributed by atoms with Crippen molar-refractivity contribution in [2.24, 2.45) is 5.73 Å². The number of ether oxygens (including phenoxy) is 1. The maximum atomic E-state index is 14.1. The fourth-order valence-corrected chi connectivity index (χ4v) is 2.25. The first-order chi connectivity index (χ1) is 9.70. The van der Waals surface area contributed by atoms with Gasteiger partial charge in [-0.05, 0) is 18.2 Å². The van der Waals surface area contributed by atoms with Crippen LogP contribution >= 0.6 is 0 Å². The highest BCUT2D eigenvalue weighted by molar-refractivity contribution is 5.57. The Balaban J connectivity index is 2.06. The van der Waals surface area contributed by atoms with E-state index in [1.165, 1.54) is 13.2 Å². The Kier molecular flexibility index (Phi) is 3.12. The summed E-state index contributed by atoms with van der Waals surface area (Å²) in [5.41, 5.74) is 8.26. The summed E-state index contributed by atoms with van der Waals surface area (Å²) in [6.07, 6.45) is 3.50. The molecule has 0 aliphatic rings. The van der Waals surface area contributed by atoms with E-state index in [-0.39, 0.29) is 5.82 Å². The molecule has 0 aliphatic heterocycles. The van der Waals surface area contributed by atoms with Gasteiger partial charge in [0.2, 0.25) is 0 Å². The van der Waals surface area contributed by atoms with E-state index in [1.54, 1.807) is 22.8 Å². The summed E-state index contributed by atoms with van der Waals surface area (Å²) in [7, 11) is 1.50. The lowest BCUT2D eigenvalue weighted by atomic mass is 10.00. The van der Waals surface area contributed by atoms with E-state index in [0.717, 1.165) is 11.1 Å². The first-order valence-electron chi connectivity index (χ1n) is 6.22. The van der Waals surface area contributed by atoms with Gasteiger partial charge in [0.25, 0.3) is 0 Å². The fraction of sp³-hybridized carbons (Fsp3) is 0.133. The Morgan fingerprint density at radius 1 is 1.25 bits per heavy atom. The summed E-state index contributed by atoms with van der Waals surface area (Å²) in [5.74, 6) is 0.0884. The molecular weight excluding hydrogens is 257 g/mol. The van der Waals surface area contributed by atoms with Crippen molar-refractivity contribution in [1.82, 2.24) is 9.61 Å². The number of rotatable bonds is 3. The van der Waals surface area contributed by atoms with Crippen LogP contribution in [0.2, 0.25) is 0 Å². The summed E-state index contributed by atoms with van der Waals surface area (Å²) in [5, 5.41) is 4.22. The second-order valence-corrected chi connectivity index (χ2v) is 4.50. The SMILES string of the molecule is COc1ccc(C(N)c2cnn3ccccc23)c(F)c1. The Morgan fingerprint density at radius 3 is 2.85 bits per heavy atom. The zero-order chi connectivity index (χ0) is 14.1. The number of pyridine rings is 1. The zero-order valence-electron chi connectivity index (χ0n) is 11.0. The molecule has 0 spiro atoms. The minimum Gasteiger partial charge on any atom is -0.497 e. The number of methoxy groups -OCH3 is 1. The summed E-state index contributed by atoms with van der Waals surface area (Å²) in [4.78, 5) is 0. The molecule has 1 unspecified atom stereocenters. The molecule has 0 saturated carbocycles. The van der Waals surface area contributed by atoms with Gasteiger partial charge >= 0.3 is 0 Å². The van der Waals surface area contributed by atoms with Crippen LogP contribution in [-0.2, 0) is 0 Å². The van der Waals surface area contributed by atoms with Crippen LogP contribution in [0.25, 0.3) is 5.52 Å². The maximum absolute atomic E-state index is 14.1. The van der Waals surface area contributed by atoms with E-state index in [2.05, 4.69) is 5.10 Å². The van der Waals surface area contributed by atoms with Crippen molar-refractivity contribution < 1.29 is 9.13 Å². The van der Waals surface area contributed by atoms with E-state index in [4.69, 9.17) is 10.5 Å². The van der Waals surface area contributed by atoms with Crippen LogP contribution in [0.15, 0.2) is 48.8 Å². The monoisotopic (exact) mass is 271 g/mol. The van der Waals surface area contributed by atoms with E-state index in [0.29, 0.717) is 11.3 Å². The quantitative estimate of drug-likeness (QED) is 0.796. The van der Waals surface area contributed by atoms with Gasteiger partial charge in [-0.1, -0.05) is 12.1 Å². The first kappa shape index (κ1) is 12.6. The molecule has 0 bridgehead atoms. The first-order valence-corrected chi connectivity index (χ1v) is 6.22. The van der Waals surface area contributed by atoms with Crippen LogP contribution in [0.4, 0.5) is 4.39 Å². The van der Waals surface area contributed by atoms with Gasteiger partial charge in [-0.15, -0.1) is 0 Å². The molecule has 4 nitrogen and oxygen atoms in total. The van der Waals surface area contributed by atoms with Crippen molar-refractivity contribution >= 4 is 5.52 Å². The molecule has 0 saturated heterocycles. The molecule has 2 aromatic heterocycles. The van der Waals surface area contributed by atoms with Crippen LogP contribution in [-0.4, -0.2) is 16.7 Å². The third kappa shape index (κ3) is 2.02. The van der Waals surface area contributed by atoms with Crippen molar-refractivity contribution in [1.29, 1.82) is 0 Å². The van der Waals surface area contributed by atoms with Crippen LogP contribution < -0.4 is 10.5 Å². The summed E-state index contributed by atoms with van der Waals surface area (Å²) in [6, 6.07) is 9.79. The summed E-state index contributed by atoms with van der Waals surface area (Å²) < 4.78 is 20.8. The van der Waals surface area contributed by atoms with Crippen molar-refractivity contribution in [3.05, 3.63) is 65.7 Å². The average molecular weight is 271 g/mol. The fourth-order valence-electron chi connectivity index (χ4n) is 2.25. The summed E-state index contributed by atoms with van der Waals surface area (Å²) >= 11 is 0. The number of hydrogen-bond donors (Lipinski definition) is 1.